The Bertz CT molecular complexity index is 1320. The fourth-order valence-electron chi connectivity index (χ4n) is 3.50. The molecule has 2 aromatic carbocycles. The zero-order valence-corrected chi connectivity index (χ0v) is 22.6. The Labute approximate surface area is 214 Å². The van der Waals surface area contributed by atoms with Gasteiger partial charge in [-0.3, -0.25) is 14.4 Å². The van der Waals surface area contributed by atoms with E-state index in [1.54, 1.807) is 48.2 Å². The van der Waals surface area contributed by atoms with Gasteiger partial charge in [0.05, 0.1) is 17.1 Å². The first-order valence-corrected chi connectivity index (χ1v) is 14.3. The summed E-state index contributed by atoms with van der Waals surface area (Å²) in [7, 11) is -3.94. The topological polar surface area (TPSA) is 101 Å². The molecule has 1 atom stereocenters. The van der Waals surface area contributed by atoms with Gasteiger partial charge in [-0.2, -0.15) is 0 Å². The number of carbonyl (C=O) groups excluding carboxylic acids is 1. The number of benzene rings is 2. The molecule has 11 heteroatoms. The lowest BCUT2D eigenvalue weighted by Crippen LogP contribution is -2.49. The zero-order valence-electron chi connectivity index (χ0n) is 20.2. The molecule has 2 heterocycles. The molecule has 8 nitrogen and oxygen atoms in total. The van der Waals surface area contributed by atoms with Gasteiger partial charge < -0.3 is 4.74 Å². The van der Waals surface area contributed by atoms with Gasteiger partial charge in [-0.25, -0.2) is 8.42 Å². The van der Waals surface area contributed by atoms with Crippen LogP contribution in [0.25, 0.3) is 0 Å². The molecule has 3 aromatic rings. The lowest BCUT2D eigenvalue weighted by atomic mass is 9.86. The summed E-state index contributed by atoms with van der Waals surface area (Å²) >= 11 is 2.82. The Morgan fingerprint density at radius 1 is 1.17 bits per heavy atom. The van der Waals surface area contributed by atoms with E-state index in [0.29, 0.717) is 21.8 Å². The van der Waals surface area contributed by atoms with Crippen molar-refractivity contribution in [3.63, 3.8) is 0 Å². The second-order valence-electron chi connectivity index (χ2n) is 9.42. The predicted octanol–water partition coefficient (Wildman–Crippen LogP) is 4.93. The van der Waals surface area contributed by atoms with Gasteiger partial charge >= 0.3 is 0 Å². The fraction of sp³-hybridized carbons (Fsp3) is 0.375. The third kappa shape index (κ3) is 5.62. The highest BCUT2D eigenvalue weighted by Gasteiger charge is 2.38. The van der Waals surface area contributed by atoms with E-state index in [2.05, 4.69) is 36.3 Å². The van der Waals surface area contributed by atoms with Gasteiger partial charge in [0.15, 0.2) is 10.4 Å². The Morgan fingerprint density at radius 3 is 2.54 bits per heavy atom. The molecule has 1 aromatic heterocycles. The highest BCUT2D eigenvalue weighted by Crippen LogP contribution is 2.40. The van der Waals surface area contributed by atoms with Gasteiger partial charge in [0, 0.05) is 5.25 Å². The molecule has 0 radical (unpaired) electrons. The highest BCUT2D eigenvalue weighted by molar-refractivity contribution is 8.01. The maximum absolute atomic E-state index is 13.7. The molecule has 0 aliphatic carbocycles. The minimum atomic E-state index is -3.94. The van der Waals surface area contributed by atoms with Crippen LogP contribution >= 0.6 is 23.1 Å². The van der Waals surface area contributed by atoms with E-state index < -0.39 is 22.0 Å². The number of sulfonamides is 1. The van der Waals surface area contributed by atoms with E-state index in [1.165, 1.54) is 15.6 Å². The number of hydrogen-bond acceptors (Lipinski definition) is 8. The lowest BCUT2D eigenvalue weighted by molar-refractivity contribution is -0.122. The van der Waals surface area contributed by atoms with Crippen molar-refractivity contribution in [2.75, 3.05) is 16.2 Å². The fourth-order valence-corrected chi connectivity index (χ4v) is 6.96. The van der Waals surface area contributed by atoms with Crippen molar-refractivity contribution in [1.29, 1.82) is 0 Å². The summed E-state index contributed by atoms with van der Waals surface area (Å²) in [6, 6.07) is 13.6. The summed E-state index contributed by atoms with van der Waals surface area (Å²) in [4.78, 5) is 13.3. The van der Waals surface area contributed by atoms with E-state index in [9.17, 15) is 13.2 Å². The van der Waals surface area contributed by atoms with Gasteiger partial charge in [-0.1, -0.05) is 82.0 Å². The first-order chi connectivity index (χ1) is 16.4. The minimum absolute atomic E-state index is 0.146. The predicted molar refractivity (Wildman–Crippen MR) is 140 cm³/mol. The van der Waals surface area contributed by atoms with Crippen molar-refractivity contribution >= 4 is 49.8 Å². The van der Waals surface area contributed by atoms with Crippen LogP contribution < -0.4 is 14.4 Å². The number of amides is 1. The standard InChI is InChI=1S/C24H28N4O4S3/c1-15(2)33-23-27-26-22(34-23)25-21(29)20-14-28(35(30,31)17-9-7-6-8-10-17)18-13-16(24(3,4)5)11-12-19(18)32-20/h6-13,15,20H,14H2,1-5H3,(H,25,26,29). The average Bonchev–Trinajstić information content (AvgIpc) is 3.23. The molecule has 0 saturated heterocycles. The highest BCUT2D eigenvalue weighted by atomic mass is 32.2. The van der Waals surface area contributed by atoms with E-state index in [0.717, 1.165) is 9.90 Å². The van der Waals surface area contributed by atoms with Gasteiger partial charge in [0.25, 0.3) is 15.9 Å². The van der Waals surface area contributed by atoms with Crippen molar-refractivity contribution in [1.82, 2.24) is 10.2 Å². The maximum Gasteiger partial charge on any atom is 0.269 e. The van der Waals surface area contributed by atoms with Gasteiger partial charge in [0.2, 0.25) is 5.13 Å². The van der Waals surface area contributed by atoms with E-state index in [4.69, 9.17) is 4.74 Å². The first kappa shape index (κ1) is 25.5. The molecule has 4 rings (SSSR count). The smallest absolute Gasteiger partial charge is 0.269 e. The molecule has 1 N–H and O–H groups in total. The van der Waals surface area contributed by atoms with Crippen LogP contribution in [0.1, 0.15) is 40.2 Å². The molecular formula is C24H28N4O4S3. The second-order valence-corrected chi connectivity index (χ2v) is 14.1. The Morgan fingerprint density at radius 2 is 1.89 bits per heavy atom. The molecule has 0 spiro atoms. The third-order valence-electron chi connectivity index (χ3n) is 5.29. The van der Waals surface area contributed by atoms with Crippen molar-refractivity contribution in [3.8, 4) is 5.75 Å². The number of ether oxygens (including phenoxy) is 1. The van der Waals surface area contributed by atoms with Crippen LogP contribution in [0.5, 0.6) is 5.75 Å². The first-order valence-electron chi connectivity index (χ1n) is 11.1. The summed E-state index contributed by atoms with van der Waals surface area (Å²) in [5.41, 5.74) is 1.17. The molecule has 1 unspecified atom stereocenters. The number of hydrogen-bond donors (Lipinski definition) is 1. The monoisotopic (exact) mass is 532 g/mol. The Hall–Kier alpha value is -2.63. The summed E-state index contributed by atoms with van der Waals surface area (Å²) in [5, 5.41) is 11.5. The number of anilines is 2. The zero-order chi connectivity index (χ0) is 25.4. The maximum atomic E-state index is 13.7. The quantitative estimate of drug-likeness (QED) is 0.355. The van der Waals surface area contributed by atoms with E-state index in [-0.39, 0.29) is 16.9 Å². The molecule has 1 aliphatic heterocycles. The van der Waals surface area contributed by atoms with Gasteiger partial charge in [0.1, 0.15) is 5.75 Å². The summed E-state index contributed by atoms with van der Waals surface area (Å²) < 4.78 is 35.3. The summed E-state index contributed by atoms with van der Waals surface area (Å²) in [6.07, 6.45) is -1.06. The van der Waals surface area contributed by atoms with Crippen molar-refractivity contribution in [2.45, 2.75) is 60.6 Å². The molecule has 0 bridgehead atoms. The van der Waals surface area contributed by atoms with Crippen LogP contribution in [0.4, 0.5) is 10.8 Å². The van der Waals surface area contributed by atoms with E-state index >= 15 is 0 Å². The van der Waals surface area contributed by atoms with Crippen molar-refractivity contribution in [2.24, 2.45) is 0 Å². The molecule has 186 valence electrons. The number of aromatic nitrogens is 2. The summed E-state index contributed by atoms with van der Waals surface area (Å²) in [6.45, 7) is 10.1. The van der Waals surface area contributed by atoms with Crippen LogP contribution in [0, 0.1) is 0 Å². The Balaban J connectivity index is 1.67. The molecule has 0 fully saturated rings. The second kappa shape index (κ2) is 9.79. The van der Waals surface area contributed by atoms with Crippen molar-refractivity contribution < 1.29 is 17.9 Å². The largest absolute Gasteiger partial charge is 0.476 e. The molecule has 35 heavy (non-hydrogen) atoms. The molecule has 1 aliphatic rings. The van der Waals surface area contributed by atoms with Crippen LogP contribution in [0.15, 0.2) is 57.8 Å². The number of nitrogens with zero attached hydrogens (tertiary/aromatic N) is 3. The number of nitrogens with one attached hydrogen (secondary N) is 1. The number of thioether (sulfide) groups is 1. The normalized spacial score (nSPS) is 16.1. The number of carbonyl (C=O) groups is 1. The van der Waals surface area contributed by atoms with Crippen LogP contribution in [-0.4, -0.2) is 42.4 Å². The SMILES string of the molecule is CC(C)Sc1nnc(NC(=O)C2CN(S(=O)(=O)c3ccccc3)c3cc(C(C)(C)C)ccc3O2)s1. The molecular weight excluding hydrogens is 504 g/mol. The summed E-state index contributed by atoms with van der Waals surface area (Å²) in [5.74, 6) is -0.154. The number of rotatable bonds is 6. The number of fused-ring (bicyclic) bond motifs is 1. The van der Waals surface area contributed by atoms with Gasteiger partial charge in [-0.15, -0.1) is 10.2 Å². The molecule has 1 amide bonds. The van der Waals surface area contributed by atoms with Crippen LogP contribution in [0.2, 0.25) is 0 Å². The van der Waals surface area contributed by atoms with Crippen LogP contribution in [-0.2, 0) is 20.2 Å². The van der Waals surface area contributed by atoms with E-state index in [1.807, 2.05) is 26.0 Å². The van der Waals surface area contributed by atoms with Gasteiger partial charge in [-0.05, 0) is 35.2 Å². The van der Waals surface area contributed by atoms with Crippen molar-refractivity contribution in [3.05, 3.63) is 54.1 Å². The third-order valence-corrected chi connectivity index (χ3v) is 9.01. The lowest BCUT2D eigenvalue weighted by Gasteiger charge is -2.35. The molecule has 0 saturated carbocycles. The minimum Gasteiger partial charge on any atom is -0.476 e. The Kier molecular flexibility index (Phi) is 7.12. The van der Waals surface area contributed by atoms with Crippen LogP contribution in [0.3, 0.4) is 0 Å². The average molecular weight is 533 g/mol.